The zero-order chi connectivity index (χ0) is 25.4. The van der Waals surface area contributed by atoms with Crippen LogP contribution < -0.4 is 5.32 Å². The van der Waals surface area contributed by atoms with Crippen molar-refractivity contribution in [3.63, 3.8) is 0 Å². The van der Waals surface area contributed by atoms with E-state index in [0.717, 1.165) is 28.0 Å². The van der Waals surface area contributed by atoms with Gasteiger partial charge in [0.05, 0.1) is 18.2 Å². The molecule has 5 rings (SSSR count). The van der Waals surface area contributed by atoms with Crippen molar-refractivity contribution in [3.05, 3.63) is 112 Å². The van der Waals surface area contributed by atoms with Crippen LogP contribution in [0.5, 0.6) is 0 Å². The van der Waals surface area contributed by atoms with Gasteiger partial charge in [-0.15, -0.1) is 0 Å². The number of halogens is 1. The molecule has 0 radical (unpaired) electrons. The molecule has 36 heavy (non-hydrogen) atoms. The molecule has 0 saturated heterocycles. The summed E-state index contributed by atoms with van der Waals surface area (Å²) in [5, 5.41) is 8.24. The van der Waals surface area contributed by atoms with Gasteiger partial charge in [-0.05, 0) is 62.7 Å². The Morgan fingerprint density at radius 1 is 0.972 bits per heavy atom. The molecule has 1 atom stereocenters. The molecule has 1 aliphatic rings. The first-order chi connectivity index (χ1) is 17.3. The van der Waals surface area contributed by atoms with Gasteiger partial charge >= 0.3 is 0 Å². The second-order valence-corrected chi connectivity index (χ2v) is 9.58. The molecule has 182 valence electrons. The van der Waals surface area contributed by atoms with Crippen LogP contribution in [-0.4, -0.2) is 20.2 Å². The van der Waals surface area contributed by atoms with Crippen molar-refractivity contribution in [1.82, 2.24) is 20.4 Å². The van der Waals surface area contributed by atoms with Gasteiger partial charge in [0.2, 0.25) is 5.82 Å². The minimum atomic E-state index is -0.292. The molecule has 1 aliphatic heterocycles. The molecule has 2 heterocycles. The maximum atomic E-state index is 14.5. The second-order valence-electron chi connectivity index (χ2n) is 9.19. The summed E-state index contributed by atoms with van der Waals surface area (Å²) in [6.45, 7) is 8.46. The number of rotatable bonds is 5. The number of hydrogen-bond acceptors (Lipinski definition) is 4. The quantitative estimate of drug-likeness (QED) is 0.311. The number of hydrogen-bond donors (Lipinski definition) is 1. The number of nitrogens with one attached hydrogen (secondary N) is 1. The highest BCUT2D eigenvalue weighted by molar-refractivity contribution is 7.80. The molecule has 7 heteroatoms. The van der Waals surface area contributed by atoms with Crippen LogP contribution in [0.4, 0.5) is 4.39 Å². The van der Waals surface area contributed by atoms with E-state index in [2.05, 4.69) is 42.5 Å². The fraction of sp³-hybridized carbons (Fsp3) is 0.207. The molecule has 1 unspecified atom stereocenters. The van der Waals surface area contributed by atoms with Crippen molar-refractivity contribution >= 4 is 22.9 Å². The summed E-state index contributed by atoms with van der Waals surface area (Å²) < 4.78 is 20.3. The average molecular weight is 499 g/mol. The van der Waals surface area contributed by atoms with Crippen LogP contribution in [0.15, 0.2) is 77.0 Å². The predicted octanol–water partition coefficient (Wildman–Crippen LogP) is 6.66. The topological polar surface area (TPSA) is 54.2 Å². The third-order valence-electron chi connectivity index (χ3n) is 6.71. The number of allylic oxidation sites excluding steroid dienone is 1. The smallest absolute Gasteiger partial charge is 0.258 e. The minimum Gasteiger partial charge on any atom is -0.351 e. The normalized spacial score (nSPS) is 15.9. The van der Waals surface area contributed by atoms with Crippen molar-refractivity contribution < 1.29 is 8.91 Å². The molecular formula is C29H27FN4OS. The molecule has 1 aromatic heterocycles. The molecule has 1 N–H and O–H groups in total. The first-order valence-electron chi connectivity index (χ1n) is 11.8. The molecule has 0 saturated carbocycles. The maximum absolute atomic E-state index is 14.5. The van der Waals surface area contributed by atoms with E-state index >= 15 is 0 Å². The highest BCUT2D eigenvalue weighted by Crippen LogP contribution is 2.38. The monoisotopic (exact) mass is 498 g/mol. The summed E-state index contributed by atoms with van der Waals surface area (Å²) in [5.74, 6) is 0.642. The first kappa shape index (κ1) is 23.9. The highest BCUT2D eigenvalue weighted by atomic mass is 32.1. The van der Waals surface area contributed by atoms with Crippen molar-refractivity contribution in [2.24, 2.45) is 0 Å². The lowest BCUT2D eigenvalue weighted by Crippen LogP contribution is -2.45. The SMILES string of the molecule is CC1=C(c2nc(-c3ccc(C)cc3)no2)C(c2ccc(C)c(C)c2)NC(=S)N1Cc1ccccc1F. The standard InChI is InChI=1S/C29H27FN4OS/c1-17-9-12-21(13-10-17)27-32-28(35-33-27)25-20(4)34(16-23-7-5-6-8-24(23)30)29(36)31-26(25)22-14-11-18(2)19(3)15-22/h5-15,26H,16H2,1-4H3,(H,31,36). The molecule has 5 nitrogen and oxygen atoms in total. The van der Waals surface area contributed by atoms with Gasteiger partial charge in [0.1, 0.15) is 5.82 Å². The Kier molecular flexibility index (Phi) is 6.41. The van der Waals surface area contributed by atoms with Gasteiger partial charge in [0.15, 0.2) is 5.11 Å². The third-order valence-corrected chi connectivity index (χ3v) is 7.05. The van der Waals surface area contributed by atoms with Gasteiger partial charge in [-0.1, -0.05) is 71.4 Å². The van der Waals surface area contributed by atoms with Crippen molar-refractivity contribution in [1.29, 1.82) is 0 Å². The van der Waals surface area contributed by atoms with Crippen LogP contribution in [0.25, 0.3) is 17.0 Å². The summed E-state index contributed by atoms with van der Waals surface area (Å²) in [4.78, 5) is 6.65. The number of aryl methyl sites for hydroxylation is 3. The second kappa shape index (κ2) is 9.66. The third kappa shape index (κ3) is 4.54. The molecule has 0 amide bonds. The zero-order valence-electron chi connectivity index (χ0n) is 20.7. The fourth-order valence-electron chi connectivity index (χ4n) is 4.39. The van der Waals surface area contributed by atoms with Crippen LogP contribution in [0.2, 0.25) is 0 Å². The highest BCUT2D eigenvalue weighted by Gasteiger charge is 2.34. The molecular weight excluding hydrogens is 471 g/mol. The number of aromatic nitrogens is 2. The minimum absolute atomic E-state index is 0.273. The van der Waals surface area contributed by atoms with Gasteiger partial charge in [-0.3, -0.25) is 0 Å². The van der Waals surface area contributed by atoms with Gasteiger partial charge in [-0.25, -0.2) is 4.39 Å². The summed E-state index contributed by atoms with van der Waals surface area (Å²) in [5.41, 5.74) is 7.66. The lowest BCUT2D eigenvalue weighted by Gasteiger charge is -2.37. The van der Waals surface area contributed by atoms with E-state index in [1.807, 2.05) is 49.1 Å². The molecule has 0 spiro atoms. The zero-order valence-corrected chi connectivity index (χ0v) is 21.5. The van der Waals surface area contributed by atoms with Gasteiger partial charge < -0.3 is 14.7 Å². The molecule has 3 aromatic carbocycles. The van der Waals surface area contributed by atoms with E-state index in [0.29, 0.717) is 22.4 Å². The van der Waals surface area contributed by atoms with E-state index in [1.165, 1.54) is 17.2 Å². The summed E-state index contributed by atoms with van der Waals surface area (Å²) in [6, 6.07) is 20.8. The first-order valence-corrected chi connectivity index (χ1v) is 12.2. The molecule has 0 aliphatic carbocycles. The summed E-state index contributed by atoms with van der Waals surface area (Å²) in [6.07, 6.45) is 0. The Bertz CT molecular complexity index is 1470. The average Bonchev–Trinajstić information content (AvgIpc) is 3.34. The maximum Gasteiger partial charge on any atom is 0.258 e. The van der Waals surface area contributed by atoms with Crippen LogP contribution in [0, 0.1) is 26.6 Å². The molecule has 0 bridgehead atoms. The predicted molar refractivity (Wildman–Crippen MR) is 143 cm³/mol. The van der Waals surface area contributed by atoms with Crippen molar-refractivity contribution in [2.45, 2.75) is 40.3 Å². The van der Waals surface area contributed by atoms with E-state index in [1.54, 1.807) is 12.1 Å². The lowest BCUT2D eigenvalue weighted by atomic mass is 9.92. The van der Waals surface area contributed by atoms with Crippen LogP contribution >= 0.6 is 12.2 Å². The number of nitrogens with zero attached hydrogens (tertiary/aromatic N) is 3. The van der Waals surface area contributed by atoms with Gasteiger partial charge in [0, 0.05) is 16.8 Å². The van der Waals surface area contributed by atoms with E-state index in [4.69, 9.17) is 21.7 Å². The fourth-order valence-corrected chi connectivity index (χ4v) is 4.71. The van der Waals surface area contributed by atoms with Crippen LogP contribution in [0.3, 0.4) is 0 Å². The number of benzene rings is 3. The molecule has 0 fully saturated rings. The Balaban J connectivity index is 1.62. The Labute approximate surface area is 215 Å². The van der Waals surface area contributed by atoms with Gasteiger partial charge in [-0.2, -0.15) is 4.98 Å². The lowest BCUT2D eigenvalue weighted by molar-refractivity contribution is 0.395. The largest absolute Gasteiger partial charge is 0.351 e. The summed E-state index contributed by atoms with van der Waals surface area (Å²) in [7, 11) is 0. The van der Waals surface area contributed by atoms with E-state index in [9.17, 15) is 4.39 Å². The Morgan fingerprint density at radius 2 is 1.72 bits per heavy atom. The number of thiocarbonyl (C=S) groups is 1. The van der Waals surface area contributed by atoms with E-state index < -0.39 is 0 Å². The van der Waals surface area contributed by atoms with Gasteiger partial charge in [0.25, 0.3) is 5.89 Å². The van der Waals surface area contributed by atoms with E-state index in [-0.39, 0.29) is 18.4 Å². The Hall–Kier alpha value is -3.84. The molecule has 4 aromatic rings. The summed E-state index contributed by atoms with van der Waals surface area (Å²) >= 11 is 5.77. The van der Waals surface area contributed by atoms with Crippen LogP contribution in [0.1, 0.15) is 46.7 Å². The van der Waals surface area contributed by atoms with Crippen molar-refractivity contribution in [2.75, 3.05) is 0 Å². The van der Waals surface area contributed by atoms with Crippen LogP contribution in [-0.2, 0) is 6.54 Å². The van der Waals surface area contributed by atoms with Crippen molar-refractivity contribution in [3.8, 4) is 11.4 Å². The Morgan fingerprint density at radius 3 is 2.44 bits per heavy atom.